The van der Waals surface area contributed by atoms with E-state index in [1.54, 1.807) is 0 Å². The summed E-state index contributed by atoms with van der Waals surface area (Å²) in [5.41, 5.74) is 16.4. The van der Waals surface area contributed by atoms with Crippen LogP contribution in [0.1, 0.15) is 157 Å². The second-order valence-corrected chi connectivity index (χ2v) is 24.7. The lowest BCUT2D eigenvalue weighted by Gasteiger charge is -2.44. The molecule has 2 aromatic heterocycles. The molecule has 0 bridgehead atoms. The first-order valence-corrected chi connectivity index (χ1v) is 23.1. The van der Waals surface area contributed by atoms with E-state index >= 15 is 0 Å². The quantitative estimate of drug-likeness (QED) is 0.163. The number of anilines is 3. The third-order valence-electron chi connectivity index (χ3n) is 14.0. The molecule has 5 heteroatoms. The molecule has 0 unspecified atom stereocenters. The van der Waals surface area contributed by atoms with Crippen LogP contribution < -0.4 is 25.3 Å². The van der Waals surface area contributed by atoms with Gasteiger partial charge in [0.1, 0.15) is 5.75 Å². The van der Waals surface area contributed by atoms with Gasteiger partial charge in [0.2, 0.25) is 5.88 Å². The van der Waals surface area contributed by atoms with Crippen LogP contribution in [-0.2, 0) is 32.5 Å². The summed E-state index contributed by atoms with van der Waals surface area (Å²) in [4.78, 5) is 8.09. The highest BCUT2D eigenvalue weighted by Gasteiger charge is 2.48. The lowest BCUT2D eigenvalue weighted by Crippen LogP contribution is -2.59. The van der Waals surface area contributed by atoms with E-state index in [9.17, 15) is 0 Å². The molecule has 1 aliphatic carbocycles. The molecule has 4 heterocycles. The maximum atomic E-state index is 7.22. The molecule has 0 atom stereocenters. The van der Waals surface area contributed by atoms with Crippen LogP contribution in [0.3, 0.4) is 0 Å². The molecule has 0 spiro atoms. The van der Waals surface area contributed by atoms with Gasteiger partial charge in [0.15, 0.2) is 0 Å². The second-order valence-electron chi connectivity index (χ2n) is 23.7. The van der Waals surface area contributed by atoms with Crippen LogP contribution in [0.25, 0.3) is 21.2 Å². The lowest BCUT2D eigenvalue weighted by molar-refractivity contribution is 0.330. The number of hydrogen-bond donors (Lipinski definition) is 0. The number of fused-ring (bicyclic) bond motifs is 7. The van der Waals surface area contributed by atoms with Gasteiger partial charge in [-0.1, -0.05) is 153 Å². The van der Waals surface area contributed by atoms with Gasteiger partial charge in [-0.15, -0.1) is 11.3 Å². The Morgan fingerprint density at radius 3 is 1.78 bits per heavy atom. The SMILES string of the molecule is CC(C)(C)c1ccc(-c2cc(C(C)(C)C)ccc2N2c3cc(C(C)(C)C)nc4c3B(c3cc5c(cc3O4)C(C)(C)CCC5(C)C)c3sc4ccc(C(C)(C)C)cc4c32)cc1. The zero-order valence-corrected chi connectivity index (χ0v) is 40.0. The van der Waals surface area contributed by atoms with Crippen molar-refractivity contribution in [2.45, 2.75) is 156 Å². The Morgan fingerprint density at radius 2 is 1.18 bits per heavy atom. The van der Waals surface area contributed by atoms with E-state index in [2.05, 4.69) is 195 Å². The zero-order valence-electron chi connectivity index (χ0n) is 39.2. The smallest absolute Gasteiger partial charge is 0.271 e. The summed E-state index contributed by atoms with van der Waals surface area (Å²) < 4.78 is 9.89. The van der Waals surface area contributed by atoms with E-state index in [0.717, 1.165) is 30.2 Å². The van der Waals surface area contributed by atoms with E-state index < -0.39 is 0 Å². The maximum Gasteiger partial charge on any atom is 0.271 e. The Hall–Kier alpha value is -4.35. The molecule has 0 saturated carbocycles. The number of pyridine rings is 1. The van der Waals surface area contributed by atoms with E-state index in [1.807, 2.05) is 11.3 Å². The van der Waals surface area contributed by atoms with Crippen molar-refractivity contribution in [3.05, 3.63) is 112 Å². The fourth-order valence-corrected chi connectivity index (χ4v) is 11.1. The van der Waals surface area contributed by atoms with Gasteiger partial charge >= 0.3 is 0 Å². The summed E-state index contributed by atoms with van der Waals surface area (Å²) in [6, 6.07) is 31.2. The first kappa shape index (κ1) is 41.0. The van der Waals surface area contributed by atoms with E-state index in [1.165, 1.54) is 81.8 Å². The van der Waals surface area contributed by atoms with Crippen molar-refractivity contribution >= 4 is 60.9 Å². The Bertz CT molecular complexity index is 2720. The van der Waals surface area contributed by atoms with Gasteiger partial charge in [-0.05, 0) is 115 Å². The monoisotopic (exact) mass is 812 g/mol. The molecule has 60 heavy (non-hydrogen) atoms. The summed E-state index contributed by atoms with van der Waals surface area (Å²) >= 11 is 1.96. The fraction of sp³-hybridized carbons (Fsp3) is 0.436. The van der Waals surface area contributed by atoms with Crippen molar-refractivity contribution in [1.29, 1.82) is 0 Å². The molecule has 0 radical (unpaired) electrons. The van der Waals surface area contributed by atoms with Gasteiger partial charge in [-0.2, -0.15) is 0 Å². The molecule has 4 aromatic carbocycles. The molecular weight excluding hydrogens is 747 g/mol. The average molecular weight is 813 g/mol. The summed E-state index contributed by atoms with van der Waals surface area (Å²) in [6.45, 7) is 37.4. The molecule has 9 rings (SSSR count). The van der Waals surface area contributed by atoms with Crippen molar-refractivity contribution in [2.75, 3.05) is 4.90 Å². The number of benzene rings is 4. The first-order chi connectivity index (χ1) is 27.7. The summed E-state index contributed by atoms with van der Waals surface area (Å²) in [7, 11) is 0. The number of hydrogen-bond acceptors (Lipinski definition) is 4. The molecule has 0 fully saturated rings. The Balaban J connectivity index is 1.41. The number of ether oxygens (including phenoxy) is 1. The lowest BCUT2D eigenvalue weighted by atomic mass is 9.36. The third kappa shape index (κ3) is 6.55. The van der Waals surface area contributed by atoms with Gasteiger partial charge in [0.05, 0.1) is 17.1 Å². The van der Waals surface area contributed by atoms with Crippen molar-refractivity contribution in [1.82, 2.24) is 4.98 Å². The van der Waals surface area contributed by atoms with E-state index in [4.69, 9.17) is 9.72 Å². The molecule has 0 saturated heterocycles. The second kappa shape index (κ2) is 13.1. The van der Waals surface area contributed by atoms with Crippen LogP contribution >= 0.6 is 11.3 Å². The van der Waals surface area contributed by atoms with Gasteiger partial charge < -0.3 is 9.64 Å². The molecule has 3 aliphatic rings. The van der Waals surface area contributed by atoms with Gasteiger partial charge in [0, 0.05) is 37.0 Å². The topological polar surface area (TPSA) is 25.4 Å². The van der Waals surface area contributed by atoms with Crippen LogP contribution in [0.4, 0.5) is 17.1 Å². The number of nitrogens with zero attached hydrogens (tertiary/aromatic N) is 2. The molecule has 2 aliphatic heterocycles. The third-order valence-corrected chi connectivity index (χ3v) is 15.2. The van der Waals surface area contributed by atoms with E-state index in [0.29, 0.717) is 0 Å². The Labute approximate surface area is 365 Å². The van der Waals surface area contributed by atoms with Crippen LogP contribution in [0.15, 0.2) is 78.9 Å². The minimum atomic E-state index is -0.212. The van der Waals surface area contributed by atoms with Crippen LogP contribution in [0.5, 0.6) is 11.6 Å². The largest absolute Gasteiger partial charge is 0.440 e. The molecule has 6 aromatic rings. The van der Waals surface area contributed by atoms with Gasteiger partial charge in [-0.25, -0.2) is 4.98 Å². The Kier molecular flexibility index (Phi) is 8.95. The van der Waals surface area contributed by atoms with Gasteiger partial charge in [0.25, 0.3) is 6.71 Å². The van der Waals surface area contributed by atoms with Crippen molar-refractivity contribution < 1.29 is 4.74 Å². The normalized spacial score (nSPS) is 16.9. The first-order valence-electron chi connectivity index (χ1n) is 22.3. The number of aromatic nitrogens is 1. The molecular formula is C55H65BN2OS. The molecule has 310 valence electrons. The standard InChI is InChI=1S/C55H65BN2OS/c1-50(2,3)33-19-17-32(18-20-33)36-27-34(51(4,5)6)21-23-41(36)58-42-31-45(53(10,11)12)57-49-46(42)56(48-47(58)37-28-35(52(7,8)9)22-24-44(37)60-48)40-29-38-39(30-43(40)59-49)55(15,16)26-25-54(38,13)14/h17-24,27-31H,25-26H2,1-16H3. The predicted octanol–water partition coefficient (Wildman–Crippen LogP) is 13.9. The van der Waals surface area contributed by atoms with Crippen LogP contribution in [0, 0.1) is 0 Å². The summed E-state index contributed by atoms with van der Waals surface area (Å²) in [6.07, 6.45) is 2.32. The minimum absolute atomic E-state index is 0.00600. The maximum absolute atomic E-state index is 7.22. The fourth-order valence-electron chi connectivity index (χ4n) is 9.84. The minimum Gasteiger partial charge on any atom is -0.440 e. The molecule has 0 N–H and O–H groups in total. The highest BCUT2D eigenvalue weighted by atomic mass is 32.1. The molecule has 0 amide bonds. The highest BCUT2D eigenvalue weighted by molar-refractivity contribution is 7.33. The number of rotatable bonds is 2. The predicted molar refractivity (Wildman–Crippen MR) is 261 cm³/mol. The summed E-state index contributed by atoms with van der Waals surface area (Å²) in [5, 5.41) is 1.31. The van der Waals surface area contributed by atoms with E-state index in [-0.39, 0.29) is 39.2 Å². The summed E-state index contributed by atoms with van der Waals surface area (Å²) in [5.74, 6) is 1.71. The number of thiophene rings is 1. The van der Waals surface area contributed by atoms with Crippen molar-refractivity contribution in [3.8, 4) is 22.8 Å². The van der Waals surface area contributed by atoms with Crippen molar-refractivity contribution in [3.63, 3.8) is 0 Å². The van der Waals surface area contributed by atoms with Gasteiger partial charge in [-0.3, -0.25) is 0 Å². The van der Waals surface area contributed by atoms with Crippen LogP contribution in [-0.4, -0.2) is 11.7 Å². The zero-order chi connectivity index (χ0) is 43.3. The highest BCUT2D eigenvalue weighted by Crippen LogP contribution is 2.52. The van der Waals surface area contributed by atoms with Crippen molar-refractivity contribution in [2.24, 2.45) is 0 Å². The molecule has 3 nitrogen and oxygen atoms in total. The van der Waals surface area contributed by atoms with Crippen LogP contribution in [0.2, 0.25) is 0 Å². The Morgan fingerprint density at radius 1 is 0.617 bits per heavy atom. The average Bonchev–Trinajstić information content (AvgIpc) is 3.53.